The highest BCUT2D eigenvalue weighted by molar-refractivity contribution is 9.10. The van der Waals surface area contributed by atoms with Gasteiger partial charge in [-0.25, -0.2) is 4.98 Å². The predicted octanol–water partition coefficient (Wildman–Crippen LogP) is 3.93. The first-order valence-corrected chi connectivity index (χ1v) is 6.73. The normalized spacial score (nSPS) is 12.8. The maximum absolute atomic E-state index is 5.10. The first-order chi connectivity index (χ1) is 6.63. The summed E-state index contributed by atoms with van der Waals surface area (Å²) < 4.78 is 1.57. The van der Waals surface area contributed by atoms with E-state index in [1.54, 1.807) is 6.20 Å². The average molecular weight is 293 g/mol. The van der Waals surface area contributed by atoms with Crippen LogP contribution in [-0.2, 0) is 5.75 Å². The number of thioether (sulfide) groups is 1. The number of rotatable bonds is 4. The Labute approximate surface area is 102 Å². The van der Waals surface area contributed by atoms with Gasteiger partial charge in [-0.3, -0.25) is 0 Å². The van der Waals surface area contributed by atoms with Crippen molar-refractivity contribution in [2.75, 3.05) is 0 Å². The van der Waals surface area contributed by atoms with Crippen LogP contribution in [0.4, 0.5) is 0 Å². The number of aromatic amines is 1. The van der Waals surface area contributed by atoms with Crippen LogP contribution in [0.25, 0.3) is 0 Å². The van der Waals surface area contributed by atoms with Gasteiger partial charge in [-0.1, -0.05) is 26.1 Å². The van der Waals surface area contributed by atoms with Crippen LogP contribution in [-0.4, -0.2) is 15.2 Å². The predicted molar refractivity (Wildman–Crippen MR) is 68.2 cm³/mol. The molecule has 1 aromatic rings. The van der Waals surface area contributed by atoms with E-state index >= 15 is 0 Å². The van der Waals surface area contributed by atoms with E-state index in [1.165, 1.54) is 6.42 Å². The molecule has 5 heteroatoms. The first kappa shape index (κ1) is 12.2. The first-order valence-electron chi connectivity index (χ1n) is 4.48. The summed E-state index contributed by atoms with van der Waals surface area (Å²) in [5, 5.41) is 0.669. The molecule has 0 saturated heterocycles. The number of nitrogens with one attached hydrogen (secondary N) is 1. The molecule has 0 fully saturated rings. The molecule has 14 heavy (non-hydrogen) atoms. The van der Waals surface area contributed by atoms with Crippen molar-refractivity contribution in [2.45, 2.75) is 31.3 Å². The molecule has 2 nitrogen and oxygen atoms in total. The van der Waals surface area contributed by atoms with Crippen molar-refractivity contribution in [1.29, 1.82) is 0 Å². The second kappa shape index (κ2) is 5.88. The number of aromatic nitrogens is 2. The lowest BCUT2D eigenvalue weighted by molar-refractivity contribution is 0.900. The monoisotopic (exact) mass is 292 g/mol. The van der Waals surface area contributed by atoms with E-state index in [0.717, 1.165) is 20.7 Å². The Bertz CT molecular complexity index is 351. The second-order valence-electron chi connectivity index (χ2n) is 3.04. The molecule has 1 N–H and O–H groups in total. The van der Waals surface area contributed by atoms with Crippen molar-refractivity contribution in [1.82, 2.24) is 9.97 Å². The highest BCUT2D eigenvalue weighted by Gasteiger charge is 2.02. The van der Waals surface area contributed by atoms with Gasteiger partial charge in [0.25, 0.3) is 0 Å². The van der Waals surface area contributed by atoms with Crippen molar-refractivity contribution >= 4 is 39.9 Å². The fraction of sp³-hybridized carbons (Fsp3) is 0.556. The quantitative estimate of drug-likeness (QED) is 0.853. The number of H-pyrrole nitrogens is 1. The zero-order chi connectivity index (χ0) is 10.6. The molecule has 0 saturated carbocycles. The summed E-state index contributed by atoms with van der Waals surface area (Å²) >= 11 is 10.3. The summed E-state index contributed by atoms with van der Waals surface area (Å²) in [6.07, 6.45) is 2.94. The van der Waals surface area contributed by atoms with Crippen LogP contribution in [0.1, 0.15) is 26.1 Å². The Morgan fingerprint density at radius 2 is 2.43 bits per heavy atom. The molecule has 78 valence electrons. The maximum Gasteiger partial charge on any atom is 0.120 e. The fourth-order valence-corrected chi connectivity index (χ4v) is 2.03. The zero-order valence-corrected chi connectivity index (χ0v) is 11.4. The molecule has 1 atom stereocenters. The van der Waals surface area contributed by atoms with Crippen LogP contribution < -0.4 is 0 Å². The molecule has 1 heterocycles. The van der Waals surface area contributed by atoms with E-state index in [9.17, 15) is 0 Å². The van der Waals surface area contributed by atoms with Gasteiger partial charge in [0.2, 0.25) is 0 Å². The van der Waals surface area contributed by atoms with Crippen molar-refractivity contribution in [3.8, 4) is 0 Å². The molecule has 0 aliphatic carbocycles. The number of halogens is 1. The average Bonchev–Trinajstić information content (AvgIpc) is 2.19. The van der Waals surface area contributed by atoms with Crippen molar-refractivity contribution in [3.63, 3.8) is 0 Å². The van der Waals surface area contributed by atoms with Gasteiger partial charge in [-0.05, 0) is 22.4 Å². The van der Waals surface area contributed by atoms with Gasteiger partial charge >= 0.3 is 0 Å². The van der Waals surface area contributed by atoms with E-state index in [2.05, 4.69) is 39.7 Å². The maximum atomic E-state index is 5.10. The Balaban J connectivity index is 2.60. The fourth-order valence-electron chi connectivity index (χ4n) is 0.829. The van der Waals surface area contributed by atoms with Crippen molar-refractivity contribution in [3.05, 3.63) is 21.1 Å². The number of hydrogen-bond acceptors (Lipinski definition) is 3. The smallest absolute Gasteiger partial charge is 0.120 e. The molecule has 0 aliphatic rings. The SMILES string of the molecule is CCC(C)SCc1ncc(Br)c(=S)[nH]1. The molecule has 0 spiro atoms. The van der Waals surface area contributed by atoms with Crippen LogP contribution in [0.3, 0.4) is 0 Å². The van der Waals surface area contributed by atoms with Crippen molar-refractivity contribution < 1.29 is 0 Å². The zero-order valence-electron chi connectivity index (χ0n) is 8.21. The molecule has 0 aromatic carbocycles. The third kappa shape index (κ3) is 3.71. The molecule has 0 bridgehead atoms. The van der Waals surface area contributed by atoms with Gasteiger partial charge in [0.1, 0.15) is 10.5 Å². The summed E-state index contributed by atoms with van der Waals surface area (Å²) in [4.78, 5) is 7.35. The van der Waals surface area contributed by atoms with Crippen LogP contribution >= 0.6 is 39.9 Å². The van der Waals surface area contributed by atoms with Gasteiger partial charge in [-0.2, -0.15) is 11.8 Å². The molecule has 1 aromatic heterocycles. The van der Waals surface area contributed by atoms with Gasteiger partial charge in [-0.15, -0.1) is 0 Å². The molecule has 0 radical (unpaired) electrons. The minimum absolute atomic E-state index is 0.669. The molecule has 0 aliphatic heterocycles. The third-order valence-corrected chi connectivity index (χ3v) is 4.42. The van der Waals surface area contributed by atoms with Crippen LogP contribution in [0.15, 0.2) is 10.7 Å². The van der Waals surface area contributed by atoms with Gasteiger partial charge in [0.05, 0.1) is 10.2 Å². The second-order valence-corrected chi connectivity index (χ2v) is 5.73. The van der Waals surface area contributed by atoms with E-state index in [-0.39, 0.29) is 0 Å². The summed E-state index contributed by atoms with van der Waals surface area (Å²) in [6, 6.07) is 0. The third-order valence-electron chi connectivity index (χ3n) is 1.89. The largest absolute Gasteiger partial charge is 0.333 e. The Morgan fingerprint density at radius 3 is 3.00 bits per heavy atom. The number of nitrogens with zero attached hydrogens (tertiary/aromatic N) is 1. The topological polar surface area (TPSA) is 28.7 Å². The van der Waals surface area contributed by atoms with Gasteiger partial charge in [0, 0.05) is 11.4 Å². The van der Waals surface area contributed by atoms with E-state index in [0.29, 0.717) is 5.25 Å². The van der Waals surface area contributed by atoms with Crippen molar-refractivity contribution in [2.24, 2.45) is 0 Å². The summed E-state index contributed by atoms with van der Waals surface area (Å²) in [6.45, 7) is 4.41. The lowest BCUT2D eigenvalue weighted by Crippen LogP contribution is -1.98. The van der Waals surface area contributed by atoms with Crippen LogP contribution in [0.2, 0.25) is 0 Å². The van der Waals surface area contributed by atoms with Gasteiger partial charge in [0.15, 0.2) is 0 Å². The highest BCUT2D eigenvalue weighted by atomic mass is 79.9. The van der Waals surface area contributed by atoms with Crippen LogP contribution in [0.5, 0.6) is 0 Å². The molecular formula is C9H13BrN2S2. The van der Waals surface area contributed by atoms with Gasteiger partial charge < -0.3 is 4.98 Å². The summed E-state index contributed by atoms with van der Waals surface area (Å²) in [5.41, 5.74) is 0. The molecule has 1 unspecified atom stereocenters. The van der Waals surface area contributed by atoms with E-state index in [4.69, 9.17) is 12.2 Å². The Kier molecular flexibility index (Phi) is 5.12. The standard InChI is InChI=1S/C9H13BrN2S2/c1-3-6(2)14-5-8-11-4-7(10)9(13)12-8/h4,6H,3,5H2,1-2H3,(H,11,12,13). The minimum Gasteiger partial charge on any atom is -0.333 e. The Hall–Kier alpha value is 0.130. The molecule has 1 rings (SSSR count). The van der Waals surface area contributed by atoms with E-state index in [1.807, 2.05) is 11.8 Å². The highest BCUT2D eigenvalue weighted by Crippen LogP contribution is 2.18. The summed E-state index contributed by atoms with van der Waals surface area (Å²) in [5.74, 6) is 1.84. The number of hydrogen-bond donors (Lipinski definition) is 1. The van der Waals surface area contributed by atoms with Crippen LogP contribution in [0, 0.1) is 4.64 Å². The lowest BCUT2D eigenvalue weighted by Gasteiger charge is -2.07. The minimum atomic E-state index is 0.669. The lowest BCUT2D eigenvalue weighted by atomic mass is 10.4. The van der Waals surface area contributed by atoms with E-state index < -0.39 is 0 Å². The summed E-state index contributed by atoms with van der Waals surface area (Å²) in [7, 11) is 0. The Morgan fingerprint density at radius 1 is 1.71 bits per heavy atom. The molecular weight excluding hydrogens is 280 g/mol. The molecule has 0 amide bonds.